The Morgan fingerprint density at radius 3 is 2.27 bits per heavy atom. The maximum atomic E-state index is 9.31. The van der Waals surface area contributed by atoms with Crippen molar-refractivity contribution in [3.8, 4) is 0 Å². The summed E-state index contributed by atoms with van der Waals surface area (Å²) >= 11 is 0. The molecular weight excluding hydrogens is 186 g/mol. The third-order valence-corrected chi connectivity index (χ3v) is 3.92. The molecule has 0 aromatic rings. The smallest absolute Gasteiger partial charge is 0.0610 e. The minimum absolute atomic E-state index is 0.0632. The van der Waals surface area contributed by atoms with Gasteiger partial charge in [-0.05, 0) is 38.6 Å². The molecule has 1 fully saturated rings. The van der Waals surface area contributed by atoms with Crippen molar-refractivity contribution in [1.29, 1.82) is 0 Å². The van der Waals surface area contributed by atoms with E-state index in [1.165, 1.54) is 38.5 Å². The summed E-state index contributed by atoms with van der Waals surface area (Å²) < 4.78 is 0. The number of aliphatic hydroxyl groups excluding tert-OH is 1. The van der Waals surface area contributed by atoms with E-state index in [1.807, 2.05) is 0 Å². The molecule has 0 spiro atoms. The summed E-state index contributed by atoms with van der Waals surface area (Å²) in [5.41, 5.74) is -0.0632. The van der Waals surface area contributed by atoms with Crippen LogP contribution in [0.4, 0.5) is 0 Å². The highest BCUT2D eigenvalue weighted by Gasteiger charge is 2.22. The first kappa shape index (κ1) is 13.0. The van der Waals surface area contributed by atoms with Crippen LogP contribution in [0.25, 0.3) is 0 Å². The second-order valence-corrected chi connectivity index (χ2v) is 5.31. The van der Waals surface area contributed by atoms with Crippen LogP contribution in [0.1, 0.15) is 58.8 Å². The Balaban J connectivity index is 2.27. The molecule has 15 heavy (non-hydrogen) atoms. The zero-order valence-electron chi connectivity index (χ0n) is 10.4. The lowest BCUT2D eigenvalue weighted by atomic mass is 9.96. The van der Waals surface area contributed by atoms with Gasteiger partial charge >= 0.3 is 0 Å². The summed E-state index contributed by atoms with van der Waals surface area (Å²) in [6.07, 6.45) is 9.37. The van der Waals surface area contributed by atoms with Gasteiger partial charge in [0.1, 0.15) is 0 Å². The van der Waals surface area contributed by atoms with Crippen LogP contribution in [-0.4, -0.2) is 23.8 Å². The monoisotopic (exact) mass is 213 g/mol. The molecule has 1 aliphatic rings. The average Bonchev–Trinajstić information content (AvgIpc) is 2.54. The van der Waals surface area contributed by atoms with Gasteiger partial charge in [-0.2, -0.15) is 0 Å². The van der Waals surface area contributed by atoms with E-state index in [1.54, 1.807) is 0 Å². The lowest BCUT2D eigenvalue weighted by Gasteiger charge is -2.29. The molecule has 90 valence electrons. The van der Waals surface area contributed by atoms with Gasteiger partial charge in [0.25, 0.3) is 0 Å². The molecule has 1 saturated carbocycles. The zero-order valence-corrected chi connectivity index (χ0v) is 10.4. The van der Waals surface area contributed by atoms with E-state index in [9.17, 15) is 5.11 Å². The molecule has 0 amide bonds. The fourth-order valence-electron chi connectivity index (χ4n) is 2.25. The molecule has 1 atom stereocenters. The minimum Gasteiger partial charge on any atom is -0.394 e. The summed E-state index contributed by atoms with van der Waals surface area (Å²) in [4.78, 5) is 0. The van der Waals surface area contributed by atoms with E-state index in [4.69, 9.17) is 0 Å². The second-order valence-electron chi connectivity index (χ2n) is 5.31. The van der Waals surface area contributed by atoms with Crippen molar-refractivity contribution < 1.29 is 5.11 Å². The highest BCUT2D eigenvalue weighted by Crippen LogP contribution is 2.23. The van der Waals surface area contributed by atoms with E-state index < -0.39 is 0 Å². The summed E-state index contributed by atoms with van der Waals surface area (Å²) in [7, 11) is 0. The summed E-state index contributed by atoms with van der Waals surface area (Å²) in [5.74, 6) is 0.838. The van der Waals surface area contributed by atoms with Crippen LogP contribution in [0.5, 0.6) is 0 Å². The van der Waals surface area contributed by atoms with E-state index in [2.05, 4.69) is 19.2 Å². The molecule has 0 aromatic heterocycles. The number of hydrogen-bond donors (Lipinski definition) is 2. The average molecular weight is 213 g/mol. The fraction of sp³-hybridized carbons (Fsp3) is 1.00. The quantitative estimate of drug-likeness (QED) is 0.688. The van der Waals surface area contributed by atoms with Gasteiger partial charge in [-0.15, -0.1) is 0 Å². The topological polar surface area (TPSA) is 32.3 Å². The van der Waals surface area contributed by atoms with Crippen molar-refractivity contribution in [3.05, 3.63) is 0 Å². The molecule has 0 radical (unpaired) electrons. The number of aliphatic hydroxyl groups is 1. The molecule has 1 rings (SSSR count). The molecule has 0 bridgehead atoms. The van der Waals surface area contributed by atoms with Crippen LogP contribution in [0, 0.1) is 5.92 Å². The van der Waals surface area contributed by atoms with Crippen molar-refractivity contribution in [3.63, 3.8) is 0 Å². The Hall–Kier alpha value is -0.0800. The SMILES string of the molecule is CCC(C)(CO)NCC1CCCCCC1. The fourth-order valence-corrected chi connectivity index (χ4v) is 2.25. The molecule has 2 N–H and O–H groups in total. The molecule has 0 saturated heterocycles. The van der Waals surface area contributed by atoms with Gasteiger partial charge in [-0.3, -0.25) is 0 Å². The lowest BCUT2D eigenvalue weighted by molar-refractivity contribution is 0.163. The highest BCUT2D eigenvalue weighted by atomic mass is 16.3. The number of hydrogen-bond acceptors (Lipinski definition) is 2. The molecular formula is C13H27NO. The normalized spacial score (nSPS) is 23.4. The molecule has 0 heterocycles. The predicted molar refractivity (Wildman–Crippen MR) is 65.0 cm³/mol. The van der Waals surface area contributed by atoms with Gasteiger partial charge in [0, 0.05) is 5.54 Å². The Kier molecular flexibility index (Phi) is 5.62. The first-order chi connectivity index (χ1) is 7.20. The van der Waals surface area contributed by atoms with Crippen molar-refractivity contribution >= 4 is 0 Å². The van der Waals surface area contributed by atoms with Gasteiger partial charge in [0.15, 0.2) is 0 Å². The third kappa shape index (κ3) is 4.52. The van der Waals surface area contributed by atoms with Gasteiger partial charge in [0.05, 0.1) is 6.61 Å². The summed E-state index contributed by atoms with van der Waals surface area (Å²) in [5, 5.41) is 12.9. The second kappa shape index (κ2) is 6.49. The van der Waals surface area contributed by atoms with Crippen molar-refractivity contribution in [1.82, 2.24) is 5.32 Å². The van der Waals surface area contributed by atoms with Crippen LogP contribution in [-0.2, 0) is 0 Å². The summed E-state index contributed by atoms with van der Waals surface area (Å²) in [6, 6.07) is 0. The van der Waals surface area contributed by atoms with E-state index in [-0.39, 0.29) is 12.1 Å². The van der Waals surface area contributed by atoms with Gasteiger partial charge < -0.3 is 10.4 Å². The van der Waals surface area contributed by atoms with Crippen LogP contribution in [0.3, 0.4) is 0 Å². The molecule has 2 heteroatoms. The van der Waals surface area contributed by atoms with Crippen LogP contribution >= 0.6 is 0 Å². The van der Waals surface area contributed by atoms with Crippen LogP contribution in [0.15, 0.2) is 0 Å². The molecule has 0 aromatic carbocycles. The molecule has 2 nitrogen and oxygen atoms in total. The zero-order chi connectivity index (χ0) is 11.1. The highest BCUT2D eigenvalue weighted by molar-refractivity contribution is 4.82. The lowest BCUT2D eigenvalue weighted by Crippen LogP contribution is -2.47. The Morgan fingerprint density at radius 2 is 1.80 bits per heavy atom. The first-order valence-electron chi connectivity index (χ1n) is 6.56. The third-order valence-electron chi connectivity index (χ3n) is 3.92. The van der Waals surface area contributed by atoms with Crippen LogP contribution in [0.2, 0.25) is 0 Å². The van der Waals surface area contributed by atoms with Crippen molar-refractivity contribution in [2.75, 3.05) is 13.2 Å². The summed E-state index contributed by atoms with van der Waals surface area (Å²) in [6.45, 7) is 5.58. The predicted octanol–water partition coefficient (Wildman–Crippen LogP) is 2.71. The minimum atomic E-state index is -0.0632. The van der Waals surface area contributed by atoms with Crippen LogP contribution < -0.4 is 5.32 Å². The van der Waals surface area contributed by atoms with Gasteiger partial charge in [-0.25, -0.2) is 0 Å². The van der Waals surface area contributed by atoms with E-state index >= 15 is 0 Å². The van der Waals surface area contributed by atoms with Gasteiger partial charge in [0.2, 0.25) is 0 Å². The Labute approximate surface area is 94.5 Å². The van der Waals surface area contributed by atoms with Crippen molar-refractivity contribution in [2.45, 2.75) is 64.3 Å². The molecule has 1 aliphatic carbocycles. The Morgan fingerprint density at radius 1 is 1.20 bits per heavy atom. The maximum Gasteiger partial charge on any atom is 0.0610 e. The Bertz CT molecular complexity index is 158. The van der Waals surface area contributed by atoms with E-state index in [0.29, 0.717) is 0 Å². The van der Waals surface area contributed by atoms with Gasteiger partial charge in [-0.1, -0.05) is 32.6 Å². The number of nitrogens with one attached hydrogen (secondary N) is 1. The number of rotatable bonds is 5. The molecule has 0 aliphatic heterocycles. The van der Waals surface area contributed by atoms with Crippen molar-refractivity contribution in [2.24, 2.45) is 5.92 Å². The standard InChI is InChI=1S/C13H27NO/c1-3-13(2,11-15)14-10-12-8-6-4-5-7-9-12/h12,14-15H,3-11H2,1-2H3. The molecule has 1 unspecified atom stereocenters. The maximum absolute atomic E-state index is 9.31. The largest absolute Gasteiger partial charge is 0.394 e. The van der Waals surface area contributed by atoms with E-state index in [0.717, 1.165) is 18.9 Å². The first-order valence-corrected chi connectivity index (χ1v) is 6.56.